The van der Waals surface area contributed by atoms with Gasteiger partial charge in [0.25, 0.3) is 5.91 Å². The van der Waals surface area contributed by atoms with Gasteiger partial charge in [-0.15, -0.1) is 11.8 Å². The van der Waals surface area contributed by atoms with Crippen molar-refractivity contribution >= 4 is 29.3 Å². The molecule has 0 bridgehead atoms. The van der Waals surface area contributed by atoms with Gasteiger partial charge in [0.1, 0.15) is 0 Å². The molecule has 0 heterocycles. The van der Waals surface area contributed by atoms with Crippen molar-refractivity contribution in [3.63, 3.8) is 0 Å². The molecular weight excluding hydrogens is 336 g/mol. The summed E-state index contributed by atoms with van der Waals surface area (Å²) in [4.78, 5) is 26.9. The quantitative estimate of drug-likeness (QED) is 0.488. The maximum absolute atomic E-state index is 12.1. The average Bonchev–Trinajstić information content (AvgIpc) is 2.62. The number of thioether (sulfide) groups is 1. The van der Waals surface area contributed by atoms with Gasteiger partial charge < -0.3 is 15.4 Å². The molecule has 0 saturated carbocycles. The zero-order valence-corrected chi connectivity index (χ0v) is 15.4. The fourth-order valence-electron chi connectivity index (χ4n) is 2.18. The van der Waals surface area contributed by atoms with Crippen molar-refractivity contribution in [3.8, 4) is 0 Å². The van der Waals surface area contributed by atoms with Crippen molar-refractivity contribution < 1.29 is 14.3 Å². The fourth-order valence-corrected chi connectivity index (χ4v) is 2.59. The molecule has 2 rings (SSSR count). The van der Waals surface area contributed by atoms with E-state index in [0.717, 1.165) is 11.1 Å². The second kappa shape index (κ2) is 8.58. The lowest BCUT2D eigenvalue weighted by Gasteiger charge is -2.17. The van der Waals surface area contributed by atoms with Crippen LogP contribution >= 0.6 is 11.8 Å². The standard InChI is InChI=1S/C19H22N2O3S/c1-13-4-7-15(10-17(13)20)19(23)24-12-18(22)21(2)11-14-5-8-16(25-3)9-6-14/h4-10H,11-12,20H2,1-3H3. The van der Waals surface area contributed by atoms with E-state index in [-0.39, 0.29) is 12.5 Å². The van der Waals surface area contributed by atoms with Gasteiger partial charge >= 0.3 is 5.97 Å². The van der Waals surface area contributed by atoms with Crippen LogP contribution in [0.5, 0.6) is 0 Å². The number of aryl methyl sites for hydroxylation is 1. The number of esters is 1. The molecule has 0 unspecified atom stereocenters. The van der Waals surface area contributed by atoms with Crippen molar-refractivity contribution in [2.24, 2.45) is 0 Å². The lowest BCUT2D eigenvalue weighted by Crippen LogP contribution is -2.30. The summed E-state index contributed by atoms with van der Waals surface area (Å²) >= 11 is 1.67. The van der Waals surface area contributed by atoms with E-state index >= 15 is 0 Å². The Morgan fingerprint density at radius 1 is 1.16 bits per heavy atom. The molecule has 0 atom stereocenters. The molecule has 2 aromatic carbocycles. The Hall–Kier alpha value is -2.47. The zero-order valence-electron chi connectivity index (χ0n) is 14.6. The number of ether oxygens (including phenoxy) is 1. The Kier molecular flexibility index (Phi) is 6.47. The Labute approximate surface area is 152 Å². The van der Waals surface area contributed by atoms with E-state index in [0.29, 0.717) is 17.8 Å². The highest BCUT2D eigenvalue weighted by molar-refractivity contribution is 7.98. The number of benzene rings is 2. The Morgan fingerprint density at radius 2 is 1.84 bits per heavy atom. The number of hydrogen-bond acceptors (Lipinski definition) is 5. The Balaban J connectivity index is 1.87. The van der Waals surface area contributed by atoms with E-state index in [1.165, 1.54) is 9.80 Å². The van der Waals surface area contributed by atoms with E-state index in [1.807, 2.05) is 37.4 Å². The van der Waals surface area contributed by atoms with E-state index in [2.05, 4.69) is 0 Å². The summed E-state index contributed by atoms with van der Waals surface area (Å²) in [6.07, 6.45) is 2.01. The molecule has 0 radical (unpaired) electrons. The molecule has 25 heavy (non-hydrogen) atoms. The summed E-state index contributed by atoms with van der Waals surface area (Å²) in [5.74, 6) is -0.819. The molecule has 0 aromatic heterocycles. The highest BCUT2D eigenvalue weighted by Gasteiger charge is 2.14. The van der Waals surface area contributed by atoms with Crippen molar-refractivity contribution in [1.29, 1.82) is 0 Å². The minimum Gasteiger partial charge on any atom is -0.452 e. The maximum atomic E-state index is 12.1. The summed E-state index contributed by atoms with van der Waals surface area (Å²) in [6.45, 7) is 2.02. The number of amides is 1. The van der Waals surface area contributed by atoms with Gasteiger partial charge in [0.05, 0.1) is 5.56 Å². The van der Waals surface area contributed by atoms with Crippen molar-refractivity contribution in [1.82, 2.24) is 4.90 Å². The normalized spacial score (nSPS) is 10.4. The molecule has 2 aromatic rings. The predicted molar refractivity (Wildman–Crippen MR) is 101 cm³/mol. The zero-order chi connectivity index (χ0) is 18.4. The minimum absolute atomic E-state index is 0.262. The summed E-state index contributed by atoms with van der Waals surface area (Å²) in [5, 5.41) is 0. The number of nitrogens with two attached hydrogens (primary N) is 1. The van der Waals surface area contributed by atoms with Gasteiger partial charge in [0, 0.05) is 24.2 Å². The molecule has 6 heteroatoms. The largest absolute Gasteiger partial charge is 0.452 e. The van der Waals surface area contributed by atoms with Crippen LogP contribution in [0.25, 0.3) is 0 Å². The number of rotatable bonds is 6. The van der Waals surface area contributed by atoms with Gasteiger partial charge in [0.15, 0.2) is 6.61 Å². The first-order valence-corrected chi connectivity index (χ1v) is 9.03. The topological polar surface area (TPSA) is 72.6 Å². The summed E-state index contributed by atoms with van der Waals surface area (Å²) in [5.41, 5.74) is 8.55. The van der Waals surface area contributed by atoms with Crippen LogP contribution in [0.3, 0.4) is 0 Å². The van der Waals surface area contributed by atoms with E-state index in [9.17, 15) is 9.59 Å². The molecule has 0 aliphatic heterocycles. The predicted octanol–water partition coefficient (Wildman–Crippen LogP) is 3.11. The van der Waals surface area contributed by atoms with Gasteiger partial charge in [0.2, 0.25) is 0 Å². The van der Waals surface area contributed by atoms with E-state index in [1.54, 1.807) is 37.0 Å². The molecule has 0 aliphatic rings. The van der Waals surface area contributed by atoms with Crippen LogP contribution in [-0.4, -0.2) is 36.7 Å². The average molecular weight is 358 g/mol. The van der Waals surface area contributed by atoms with Crippen LogP contribution < -0.4 is 5.73 Å². The number of anilines is 1. The smallest absolute Gasteiger partial charge is 0.338 e. The SMILES string of the molecule is CSc1ccc(CN(C)C(=O)COC(=O)c2ccc(C)c(N)c2)cc1. The van der Waals surface area contributed by atoms with Gasteiger partial charge in [-0.2, -0.15) is 0 Å². The molecule has 0 spiro atoms. The molecule has 0 aliphatic carbocycles. The lowest BCUT2D eigenvalue weighted by molar-refractivity contribution is -0.133. The van der Waals surface area contributed by atoms with Gasteiger partial charge in [-0.25, -0.2) is 4.79 Å². The van der Waals surface area contributed by atoms with Crippen LogP contribution in [0.15, 0.2) is 47.4 Å². The summed E-state index contributed by atoms with van der Waals surface area (Å²) in [7, 11) is 1.68. The maximum Gasteiger partial charge on any atom is 0.338 e. The highest BCUT2D eigenvalue weighted by atomic mass is 32.2. The lowest BCUT2D eigenvalue weighted by atomic mass is 10.1. The van der Waals surface area contributed by atoms with E-state index in [4.69, 9.17) is 10.5 Å². The third-order valence-corrected chi connectivity index (χ3v) is 4.59. The molecule has 5 nitrogen and oxygen atoms in total. The van der Waals surface area contributed by atoms with Crippen molar-refractivity contribution in [2.45, 2.75) is 18.4 Å². The number of nitrogens with zero attached hydrogens (tertiary/aromatic N) is 1. The molecule has 0 fully saturated rings. The van der Waals surface area contributed by atoms with Gasteiger partial charge in [-0.1, -0.05) is 18.2 Å². The molecule has 0 saturated heterocycles. The van der Waals surface area contributed by atoms with Crippen molar-refractivity contribution in [3.05, 3.63) is 59.2 Å². The van der Waals surface area contributed by atoms with Crippen LogP contribution in [0, 0.1) is 6.92 Å². The van der Waals surface area contributed by atoms with Crippen LogP contribution in [-0.2, 0) is 16.1 Å². The molecular formula is C19H22N2O3S. The second-order valence-corrected chi connectivity index (χ2v) is 6.63. The van der Waals surface area contributed by atoms with Gasteiger partial charge in [-0.3, -0.25) is 4.79 Å². The minimum atomic E-state index is -0.558. The molecule has 1 amide bonds. The number of likely N-dealkylation sites (N-methyl/N-ethyl adjacent to an activating group) is 1. The van der Waals surface area contributed by atoms with Gasteiger partial charge in [-0.05, 0) is 48.6 Å². The first-order chi connectivity index (χ1) is 11.9. The monoisotopic (exact) mass is 358 g/mol. The van der Waals surface area contributed by atoms with Crippen LogP contribution in [0.4, 0.5) is 5.69 Å². The fraction of sp³-hybridized carbons (Fsp3) is 0.263. The number of nitrogen functional groups attached to an aromatic ring is 1. The number of carbonyl (C=O) groups is 2. The number of hydrogen-bond donors (Lipinski definition) is 1. The Bertz CT molecular complexity index is 760. The number of carbonyl (C=O) groups excluding carboxylic acids is 2. The van der Waals surface area contributed by atoms with E-state index < -0.39 is 5.97 Å². The van der Waals surface area contributed by atoms with Crippen molar-refractivity contribution in [2.75, 3.05) is 25.6 Å². The third kappa shape index (κ3) is 5.26. The summed E-state index contributed by atoms with van der Waals surface area (Å²) in [6, 6.07) is 12.9. The van der Waals surface area contributed by atoms with Crippen LogP contribution in [0.1, 0.15) is 21.5 Å². The van der Waals surface area contributed by atoms with Crippen LogP contribution in [0.2, 0.25) is 0 Å². The first-order valence-electron chi connectivity index (χ1n) is 7.81. The molecule has 132 valence electrons. The first kappa shape index (κ1) is 18.9. The molecule has 2 N–H and O–H groups in total. The second-order valence-electron chi connectivity index (χ2n) is 5.75. The highest BCUT2D eigenvalue weighted by Crippen LogP contribution is 2.16. The third-order valence-electron chi connectivity index (χ3n) is 3.85. The Morgan fingerprint density at radius 3 is 2.44 bits per heavy atom. The summed E-state index contributed by atoms with van der Waals surface area (Å²) < 4.78 is 5.09.